The summed E-state index contributed by atoms with van der Waals surface area (Å²) in [6.07, 6.45) is 2.18. The summed E-state index contributed by atoms with van der Waals surface area (Å²) >= 11 is 0. The lowest BCUT2D eigenvalue weighted by Crippen LogP contribution is -2.27. The number of aryl methyl sites for hydroxylation is 2. The zero-order valence-corrected chi connectivity index (χ0v) is 16.7. The molecular weight excluding hydrogens is 332 g/mol. The largest absolute Gasteiger partial charge is 0.383 e. The summed E-state index contributed by atoms with van der Waals surface area (Å²) < 4.78 is 7.70. The molecule has 142 valence electrons. The third-order valence-corrected chi connectivity index (χ3v) is 4.84. The van der Waals surface area contributed by atoms with Crippen LogP contribution >= 0.6 is 0 Å². The molecular formula is C24H30N2O. The minimum atomic E-state index is 0.740. The van der Waals surface area contributed by atoms with Gasteiger partial charge in [0, 0.05) is 45.2 Å². The molecule has 1 aromatic heterocycles. The van der Waals surface area contributed by atoms with Gasteiger partial charge in [0.25, 0.3) is 0 Å². The fourth-order valence-electron chi connectivity index (χ4n) is 3.49. The van der Waals surface area contributed by atoms with E-state index in [-0.39, 0.29) is 0 Å². The number of aromatic nitrogens is 1. The van der Waals surface area contributed by atoms with E-state index in [0.29, 0.717) is 0 Å². The van der Waals surface area contributed by atoms with E-state index < -0.39 is 0 Å². The van der Waals surface area contributed by atoms with Crippen molar-refractivity contribution in [3.8, 4) is 0 Å². The van der Waals surface area contributed by atoms with E-state index in [1.807, 2.05) is 0 Å². The summed E-state index contributed by atoms with van der Waals surface area (Å²) in [5.74, 6) is 0. The Hall–Kier alpha value is -2.36. The van der Waals surface area contributed by atoms with Crippen LogP contribution in [0.15, 0.2) is 66.9 Å². The molecule has 0 amide bonds. The normalized spacial score (nSPS) is 11.3. The molecule has 0 atom stereocenters. The van der Waals surface area contributed by atoms with Crippen molar-refractivity contribution in [1.82, 2.24) is 9.47 Å². The second kappa shape index (κ2) is 9.54. The third kappa shape index (κ3) is 5.81. The topological polar surface area (TPSA) is 17.4 Å². The molecule has 0 saturated carbocycles. The van der Waals surface area contributed by atoms with Gasteiger partial charge in [-0.3, -0.25) is 4.90 Å². The highest BCUT2D eigenvalue weighted by Crippen LogP contribution is 2.14. The predicted molar refractivity (Wildman–Crippen MR) is 112 cm³/mol. The summed E-state index contributed by atoms with van der Waals surface area (Å²) in [5.41, 5.74) is 6.64. The minimum Gasteiger partial charge on any atom is -0.383 e. The maximum atomic E-state index is 5.34. The van der Waals surface area contributed by atoms with Crippen LogP contribution < -0.4 is 0 Å². The van der Waals surface area contributed by atoms with E-state index in [4.69, 9.17) is 4.74 Å². The molecule has 0 spiro atoms. The van der Waals surface area contributed by atoms with E-state index in [1.54, 1.807) is 7.11 Å². The third-order valence-electron chi connectivity index (χ3n) is 4.84. The molecule has 0 unspecified atom stereocenters. The van der Waals surface area contributed by atoms with Crippen molar-refractivity contribution < 1.29 is 4.74 Å². The Bertz CT molecular complexity index is 853. The van der Waals surface area contributed by atoms with Crippen molar-refractivity contribution in [3.63, 3.8) is 0 Å². The molecule has 2 aromatic carbocycles. The average Bonchev–Trinajstić information content (AvgIpc) is 3.06. The fraction of sp³-hybridized carbons (Fsp3) is 0.333. The van der Waals surface area contributed by atoms with Crippen molar-refractivity contribution in [1.29, 1.82) is 0 Å². The Kier molecular flexibility index (Phi) is 6.86. The smallest absolute Gasteiger partial charge is 0.0589 e. The molecule has 27 heavy (non-hydrogen) atoms. The first-order chi connectivity index (χ1) is 13.1. The van der Waals surface area contributed by atoms with E-state index in [9.17, 15) is 0 Å². The van der Waals surface area contributed by atoms with Gasteiger partial charge < -0.3 is 9.30 Å². The van der Waals surface area contributed by atoms with Crippen LogP contribution in [-0.4, -0.2) is 29.7 Å². The van der Waals surface area contributed by atoms with Crippen molar-refractivity contribution >= 4 is 0 Å². The van der Waals surface area contributed by atoms with E-state index in [0.717, 1.165) is 32.8 Å². The Balaban J connectivity index is 1.73. The minimum absolute atomic E-state index is 0.740. The molecule has 3 aromatic rings. The van der Waals surface area contributed by atoms with E-state index in [1.165, 1.54) is 27.9 Å². The van der Waals surface area contributed by atoms with Crippen LogP contribution in [-0.2, 0) is 24.4 Å². The highest BCUT2D eigenvalue weighted by atomic mass is 16.5. The van der Waals surface area contributed by atoms with Crippen molar-refractivity contribution in [3.05, 3.63) is 94.8 Å². The lowest BCUT2D eigenvalue weighted by atomic mass is 10.1. The molecule has 0 saturated heterocycles. The Morgan fingerprint density at radius 2 is 1.56 bits per heavy atom. The number of nitrogens with zero attached hydrogens (tertiary/aromatic N) is 2. The van der Waals surface area contributed by atoms with Gasteiger partial charge >= 0.3 is 0 Å². The van der Waals surface area contributed by atoms with Gasteiger partial charge in [-0.1, -0.05) is 59.7 Å². The van der Waals surface area contributed by atoms with Gasteiger partial charge in [-0.05, 0) is 37.1 Å². The molecule has 1 heterocycles. The molecule has 0 aliphatic carbocycles. The zero-order chi connectivity index (χ0) is 19.1. The summed E-state index contributed by atoms with van der Waals surface area (Å²) in [6.45, 7) is 8.71. The van der Waals surface area contributed by atoms with Gasteiger partial charge in [-0.25, -0.2) is 0 Å². The van der Waals surface area contributed by atoms with Gasteiger partial charge in [0.1, 0.15) is 0 Å². The van der Waals surface area contributed by atoms with Crippen LogP contribution in [0, 0.1) is 13.8 Å². The second-order valence-corrected chi connectivity index (χ2v) is 7.31. The molecule has 0 N–H and O–H groups in total. The second-order valence-electron chi connectivity index (χ2n) is 7.31. The highest BCUT2D eigenvalue weighted by Gasteiger charge is 2.11. The molecule has 0 radical (unpaired) electrons. The molecule has 3 rings (SSSR count). The lowest BCUT2D eigenvalue weighted by molar-refractivity contribution is 0.138. The van der Waals surface area contributed by atoms with Gasteiger partial charge in [0.15, 0.2) is 0 Å². The van der Waals surface area contributed by atoms with Crippen LogP contribution in [0.1, 0.15) is 27.9 Å². The number of ether oxygens (including phenoxy) is 1. The first kappa shape index (κ1) is 19.4. The predicted octanol–water partition coefficient (Wildman–Crippen LogP) is 4.80. The molecule has 0 fully saturated rings. The van der Waals surface area contributed by atoms with Crippen LogP contribution in [0.5, 0.6) is 0 Å². The van der Waals surface area contributed by atoms with Gasteiger partial charge in [0.05, 0.1) is 6.61 Å². The Morgan fingerprint density at radius 1 is 0.852 bits per heavy atom. The van der Waals surface area contributed by atoms with Crippen molar-refractivity contribution in [2.75, 3.05) is 20.3 Å². The Morgan fingerprint density at radius 3 is 2.26 bits per heavy atom. The molecule has 3 heteroatoms. The molecule has 0 bridgehead atoms. The number of methoxy groups -OCH3 is 1. The number of rotatable bonds is 9. The van der Waals surface area contributed by atoms with Gasteiger partial charge in [-0.2, -0.15) is 0 Å². The number of hydrogen-bond donors (Lipinski definition) is 0. The quantitative estimate of drug-likeness (QED) is 0.544. The first-order valence-electron chi connectivity index (χ1n) is 9.60. The summed E-state index contributed by atoms with van der Waals surface area (Å²) in [5, 5.41) is 0. The highest BCUT2D eigenvalue weighted by molar-refractivity contribution is 5.24. The molecule has 0 aliphatic rings. The first-order valence-corrected chi connectivity index (χ1v) is 9.60. The maximum Gasteiger partial charge on any atom is 0.0589 e. The van der Waals surface area contributed by atoms with E-state index in [2.05, 4.69) is 90.2 Å². The van der Waals surface area contributed by atoms with Crippen LogP contribution in [0.25, 0.3) is 0 Å². The van der Waals surface area contributed by atoms with Crippen molar-refractivity contribution in [2.45, 2.75) is 33.5 Å². The van der Waals surface area contributed by atoms with Gasteiger partial charge in [-0.15, -0.1) is 0 Å². The fourth-order valence-corrected chi connectivity index (χ4v) is 3.49. The van der Waals surface area contributed by atoms with Crippen LogP contribution in [0.3, 0.4) is 0 Å². The molecule has 0 aliphatic heterocycles. The van der Waals surface area contributed by atoms with Crippen LogP contribution in [0.2, 0.25) is 0 Å². The van der Waals surface area contributed by atoms with Gasteiger partial charge in [0.2, 0.25) is 0 Å². The average molecular weight is 363 g/mol. The monoisotopic (exact) mass is 362 g/mol. The summed E-state index contributed by atoms with van der Waals surface area (Å²) in [7, 11) is 1.77. The number of hydrogen-bond acceptors (Lipinski definition) is 2. The maximum absolute atomic E-state index is 5.34. The number of benzene rings is 2. The zero-order valence-electron chi connectivity index (χ0n) is 16.7. The SMILES string of the molecule is COCCN(Cc1cccc(C)c1)Cc1cccn1Cc1cccc(C)c1. The standard InChI is InChI=1S/C24H30N2O/c1-20-7-4-9-22(15-20)17-25(13-14-27-3)19-24-11-6-12-26(24)18-23-10-5-8-21(2)16-23/h4-12,15-16H,13-14,17-19H2,1-3H3. The molecule has 3 nitrogen and oxygen atoms in total. The Labute approximate surface area is 163 Å². The van der Waals surface area contributed by atoms with Crippen molar-refractivity contribution in [2.24, 2.45) is 0 Å². The van der Waals surface area contributed by atoms with E-state index >= 15 is 0 Å². The lowest BCUT2D eigenvalue weighted by Gasteiger charge is -2.23. The summed E-state index contributed by atoms with van der Waals surface area (Å²) in [4.78, 5) is 2.46. The van der Waals surface area contributed by atoms with Crippen LogP contribution in [0.4, 0.5) is 0 Å². The summed E-state index contributed by atoms with van der Waals surface area (Å²) in [6, 6.07) is 21.9.